The highest BCUT2D eigenvalue weighted by Gasteiger charge is 2.09. The zero-order valence-corrected chi connectivity index (χ0v) is 11.7. The predicted molar refractivity (Wildman–Crippen MR) is 80.0 cm³/mol. The largest absolute Gasteiger partial charge is 0.488 e. The van der Waals surface area contributed by atoms with E-state index in [2.05, 4.69) is 24.4 Å². The molecule has 0 saturated carbocycles. The highest BCUT2D eigenvalue weighted by Crippen LogP contribution is 2.26. The zero-order chi connectivity index (χ0) is 15.0. The van der Waals surface area contributed by atoms with Gasteiger partial charge in [0.2, 0.25) is 5.71 Å². The molecule has 0 bridgehead atoms. The van der Waals surface area contributed by atoms with Gasteiger partial charge in [-0.2, -0.15) is 10.4 Å². The molecule has 1 aromatic carbocycles. The summed E-state index contributed by atoms with van der Waals surface area (Å²) in [7, 11) is 0. The molecule has 0 spiro atoms. The molecule has 6 heteroatoms. The van der Waals surface area contributed by atoms with E-state index in [0.29, 0.717) is 11.4 Å². The van der Waals surface area contributed by atoms with E-state index in [-0.39, 0.29) is 17.7 Å². The van der Waals surface area contributed by atoms with Crippen molar-refractivity contribution in [3.63, 3.8) is 0 Å². The van der Waals surface area contributed by atoms with Crippen LogP contribution in [0.3, 0.4) is 0 Å². The molecule has 4 N–H and O–H groups in total. The number of nitrogens with zero attached hydrogens (tertiary/aromatic N) is 2. The minimum absolute atomic E-state index is 0.130. The Morgan fingerprint density at radius 1 is 1.45 bits per heavy atom. The summed E-state index contributed by atoms with van der Waals surface area (Å²) in [6.07, 6.45) is 1.95. The molecule has 0 aliphatic heterocycles. The summed E-state index contributed by atoms with van der Waals surface area (Å²) >= 11 is 0. The van der Waals surface area contributed by atoms with E-state index in [1.54, 1.807) is 12.1 Å². The minimum Gasteiger partial charge on any atom is -0.488 e. The topological polar surface area (TPSA) is 107 Å². The Morgan fingerprint density at radius 3 is 2.65 bits per heavy atom. The predicted octanol–water partition coefficient (Wildman–Crippen LogP) is 2.48. The van der Waals surface area contributed by atoms with Gasteiger partial charge in [0, 0.05) is 0 Å². The maximum absolute atomic E-state index is 8.79. The molecule has 106 valence electrons. The third-order valence-electron chi connectivity index (χ3n) is 2.74. The van der Waals surface area contributed by atoms with E-state index in [0.717, 1.165) is 12.8 Å². The van der Waals surface area contributed by atoms with Gasteiger partial charge >= 0.3 is 0 Å². The maximum atomic E-state index is 8.79. The number of ether oxygens (including phenoxy) is 1. The van der Waals surface area contributed by atoms with Crippen LogP contribution in [0.15, 0.2) is 29.4 Å². The average Bonchev–Trinajstić information content (AvgIpc) is 2.46. The van der Waals surface area contributed by atoms with E-state index >= 15 is 0 Å². The van der Waals surface area contributed by atoms with E-state index in [9.17, 15) is 0 Å². The number of hydrogen-bond donors (Lipinski definition) is 3. The number of hydrogen-bond acceptors (Lipinski definition) is 5. The number of anilines is 1. The van der Waals surface area contributed by atoms with Crippen LogP contribution in [-0.2, 0) is 0 Å². The first-order chi connectivity index (χ1) is 9.62. The molecule has 0 fully saturated rings. The van der Waals surface area contributed by atoms with E-state index in [4.69, 9.17) is 21.1 Å². The highest BCUT2D eigenvalue weighted by molar-refractivity contribution is 6.45. The van der Waals surface area contributed by atoms with Crippen LogP contribution >= 0.6 is 0 Å². The van der Waals surface area contributed by atoms with Crippen molar-refractivity contribution in [2.45, 2.75) is 32.8 Å². The van der Waals surface area contributed by atoms with Gasteiger partial charge in [0.1, 0.15) is 11.8 Å². The van der Waals surface area contributed by atoms with Crippen LogP contribution < -0.4 is 15.9 Å². The lowest BCUT2D eigenvalue weighted by atomic mass is 10.2. The van der Waals surface area contributed by atoms with E-state index in [1.807, 2.05) is 18.2 Å². The van der Waals surface area contributed by atoms with Gasteiger partial charge in [0.15, 0.2) is 5.84 Å². The van der Waals surface area contributed by atoms with E-state index in [1.165, 1.54) is 0 Å². The first kappa shape index (κ1) is 15.5. The highest BCUT2D eigenvalue weighted by atomic mass is 16.5. The lowest BCUT2D eigenvalue weighted by molar-refractivity contribution is 0.194. The first-order valence-corrected chi connectivity index (χ1v) is 6.46. The first-order valence-electron chi connectivity index (χ1n) is 6.46. The fraction of sp³-hybridized carbons (Fsp3) is 0.357. The third kappa shape index (κ3) is 4.28. The number of nitriles is 1. The fourth-order valence-corrected chi connectivity index (χ4v) is 1.56. The van der Waals surface area contributed by atoms with Gasteiger partial charge in [-0.25, -0.2) is 0 Å². The van der Waals surface area contributed by atoms with Crippen LogP contribution in [0.25, 0.3) is 0 Å². The molecule has 20 heavy (non-hydrogen) atoms. The number of nitrogens with two attached hydrogens (primary N) is 1. The number of para-hydroxylation sites is 2. The Bertz CT molecular complexity index is 529. The minimum atomic E-state index is -0.376. The Morgan fingerprint density at radius 2 is 2.10 bits per heavy atom. The standard InChI is InChI=1S/C14H19N5O/c1-3-10(4-2)20-13-8-6-5-7-11(13)18-19-12(9-15)14(16)17/h5-8,10,18H,3-4H2,1-2H3,(H3,16,17)/b19-12+. The van der Waals surface area contributed by atoms with Gasteiger partial charge in [0.25, 0.3) is 0 Å². The Balaban J connectivity index is 2.91. The molecular weight excluding hydrogens is 254 g/mol. The van der Waals surface area contributed by atoms with Gasteiger partial charge in [-0.05, 0) is 25.0 Å². The molecule has 1 rings (SSSR count). The second-order valence-electron chi connectivity index (χ2n) is 4.15. The van der Waals surface area contributed by atoms with Crippen molar-refractivity contribution in [3.8, 4) is 11.8 Å². The molecule has 0 aliphatic carbocycles. The monoisotopic (exact) mass is 273 g/mol. The summed E-state index contributed by atoms with van der Waals surface area (Å²) in [6.45, 7) is 4.12. The SMILES string of the molecule is CCC(CC)Oc1ccccc1N/N=C(\C#N)C(=N)N. The summed E-state index contributed by atoms with van der Waals surface area (Å²) in [6, 6.07) is 9.06. The zero-order valence-electron chi connectivity index (χ0n) is 11.7. The van der Waals surface area contributed by atoms with Gasteiger partial charge < -0.3 is 10.5 Å². The average molecular weight is 273 g/mol. The second kappa shape index (κ2) is 7.79. The van der Waals surface area contributed by atoms with Crippen LogP contribution in [0.2, 0.25) is 0 Å². The maximum Gasteiger partial charge on any atom is 0.201 e. The third-order valence-corrected chi connectivity index (χ3v) is 2.74. The van der Waals surface area contributed by atoms with Crippen molar-refractivity contribution in [2.75, 3.05) is 5.43 Å². The summed E-state index contributed by atoms with van der Waals surface area (Å²) in [5.41, 5.74) is 8.42. The van der Waals surface area contributed by atoms with Crippen LogP contribution in [0.5, 0.6) is 5.75 Å². The quantitative estimate of drug-likeness (QED) is 0.403. The van der Waals surface area contributed by atoms with Gasteiger partial charge in [-0.3, -0.25) is 10.8 Å². The molecule has 0 saturated heterocycles. The Labute approximate surface area is 118 Å². The molecule has 0 aromatic heterocycles. The van der Waals surface area contributed by atoms with Crippen molar-refractivity contribution >= 4 is 17.2 Å². The van der Waals surface area contributed by atoms with Crippen molar-refractivity contribution in [2.24, 2.45) is 10.8 Å². The number of nitrogens with one attached hydrogen (secondary N) is 2. The molecule has 0 aliphatic rings. The smallest absolute Gasteiger partial charge is 0.201 e. The summed E-state index contributed by atoms with van der Waals surface area (Å²) in [4.78, 5) is 0. The summed E-state index contributed by atoms with van der Waals surface area (Å²) in [5, 5.41) is 19.8. The second-order valence-corrected chi connectivity index (χ2v) is 4.15. The Kier molecular flexibility index (Phi) is 6.04. The van der Waals surface area contributed by atoms with Crippen molar-refractivity contribution in [1.29, 1.82) is 10.7 Å². The molecular formula is C14H19N5O. The van der Waals surface area contributed by atoms with Gasteiger partial charge in [0.05, 0.1) is 11.8 Å². The number of hydrazone groups is 1. The summed E-state index contributed by atoms with van der Waals surface area (Å²) in [5.74, 6) is 0.282. The Hall–Kier alpha value is -2.55. The fourth-order valence-electron chi connectivity index (χ4n) is 1.56. The molecule has 0 amide bonds. The number of amidine groups is 1. The number of rotatable bonds is 7. The molecule has 6 nitrogen and oxygen atoms in total. The molecule has 0 heterocycles. The lowest BCUT2D eigenvalue weighted by Gasteiger charge is -2.17. The molecule has 0 unspecified atom stereocenters. The van der Waals surface area contributed by atoms with Crippen molar-refractivity contribution < 1.29 is 4.74 Å². The van der Waals surface area contributed by atoms with Crippen molar-refractivity contribution in [1.82, 2.24) is 0 Å². The number of benzene rings is 1. The van der Waals surface area contributed by atoms with Crippen molar-refractivity contribution in [3.05, 3.63) is 24.3 Å². The normalized spacial score (nSPS) is 11.0. The lowest BCUT2D eigenvalue weighted by Crippen LogP contribution is -2.22. The molecule has 1 aromatic rings. The van der Waals surface area contributed by atoms with E-state index < -0.39 is 0 Å². The summed E-state index contributed by atoms with van der Waals surface area (Å²) < 4.78 is 5.87. The van der Waals surface area contributed by atoms with Crippen LogP contribution in [0.1, 0.15) is 26.7 Å². The van der Waals surface area contributed by atoms with Crippen LogP contribution in [-0.4, -0.2) is 17.7 Å². The van der Waals surface area contributed by atoms with Gasteiger partial charge in [-0.15, -0.1) is 0 Å². The van der Waals surface area contributed by atoms with Crippen LogP contribution in [0, 0.1) is 16.7 Å². The van der Waals surface area contributed by atoms with Gasteiger partial charge in [-0.1, -0.05) is 26.0 Å². The molecule has 0 atom stereocenters. The molecule has 0 radical (unpaired) electrons. The van der Waals surface area contributed by atoms with Crippen LogP contribution in [0.4, 0.5) is 5.69 Å².